The van der Waals surface area contributed by atoms with Crippen LogP contribution < -0.4 is 0 Å². The number of rotatable bonds is 3. The van der Waals surface area contributed by atoms with E-state index in [1.807, 2.05) is 48.6 Å². The molecule has 108 valence electrons. The summed E-state index contributed by atoms with van der Waals surface area (Å²) in [5.41, 5.74) is 3.03. The normalized spacial score (nSPS) is 11.2. The third-order valence-corrected chi connectivity index (χ3v) is 3.69. The number of fused-ring (bicyclic) bond motifs is 1. The summed E-state index contributed by atoms with van der Waals surface area (Å²) in [6.45, 7) is 0. The molecular formula is C18H11Cl2NO. The van der Waals surface area contributed by atoms with Crippen molar-refractivity contribution < 1.29 is 4.79 Å². The number of pyridine rings is 1. The first kappa shape index (κ1) is 14.8. The fraction of sp³-hybridized carbons (Fsp3) is 0. The summed E-state index contributed by atoms with van der Waals surface area (Å²) in [5.74, 6) is 0. The van der Waals surface area contributed by atoms with Crippen LogP contribution in [0.25, 0.3) is 23.1 Å². The molecule has 22 heavy (non-hydrogen) atoms. The van der Waals surface area contributed by atoms with Crippen molar-refractivity contribution in [2.75, 3.05) is 0 Å². The van der Waals surface area contributed by atoms with Gasteiger partial charge in [0, 0.05) is 16.0 Å². The van der Waals surface area contributed by atoms with Crippen LogP contribution in [0.3, 0.4) is 0 Å². The number of hydrogen-bond donors (Lipinski definition) is 0. The van der Waals surface area contributed by atoms with Crippen LogP contribution in [-0.4, -0.2) is 10.2 Å². The van der Waals surface area contributed by atoms with E-state index in [0.717, 1.165) is 22.2 Å². The van der Waals surface area contributed by atoms with E-state index in [9.17, 15) is 4.79 Å². The van der Waals surface area contributed by atoms with Crippen LogP contribution >= 0.6 is 23.2 Å². The van der Waals surface area contributed by atoms with E-state index in [-0.39, 0.29) is 0 Å². The van der Waals surface area contributed by atoms with E-state index in [1.165, 1.54) is 0 Å². The third-order valence-electron chi connectivity index (χ3n) is 3.24. The lowest BCUT2D eigenvalue weighted by Gasteiger charge is -2.00. The van der Waals surface area contributed by atoms with E-state index < -0.39 is 5.24 Å². The van der Waals surface area contributed by atoms with Gasteiger partial charge in [0.2, 0.25) is 0 Å². The van der Waals surface area contributed by atoms with Crippen LogP contribution in [0.2, 0.25) is 5.02 Å². The number of hydrogen-bond acceptors (Lipinski definition) is 2. The van der Waals surface area contributed by atoms with Gasteiger partial charge in [-0.1, -0.05) is 48.0 Å². The topological polar surface area (TPSA) is 30.0 Å². The van der Waals surface area contributed by atoms with Crippen LogP contribution in [0.4, 0.5) is 0 Å². The van der Waals surface area contributed by atoms with Crippen molar-refractivity contribution >= 4 is 51.5 Å². The van der Waals surface area contributed by atoms with Crippen molar-refractivity contribution in [3.8, 4) is 0 Å². The fourth-order valence-corrected chi connectivity index (χ4v) is 2.43. The van der Waals surface area contributed by atoms with Crippen LogP contribution in [0.15, 0.2) is 54.6 Å². The van der Waals surface area contributed by atoms with Crippen molar-refractivity contribution in [1.82, 2.24) is 4.98 Å². The molecule has 2 aromatic carbocycles. The Morgan fingerprint density at radius 2 is 1.82 bits per heavy atom. The molecule has 0 N–H and O–H groups in total. The molecule has 0 radical (unpaired) electrons. The second kappa shape index (κ2) is 6.30. The van der Waals surface area contributed by atoms with E-state index in [4.69, 9.17) is 23.2 Å². The van der Waals surface area contributed by atoms with Gasteiger partial charge in [-0.15, -0.1) is 0 Å². The first-order valence-corrected chi connectivity index (χ1v) is 7.42. The van der Waals surface area contributed by atoms with Gasteiger partial charge in [0.05, 0.1) is 11.2 Å². The Morgan fingerprint density at radius 1 is 1.00 bits per heavy atom. The molecule has 2 nitrogen and oxygen atoms in total. The molecule has 0 saturated carbocycles. The summed E-state index contributed by atoms with van der Waals surface area (Å²) in [6.07, 6.45) is 3.78. The number of aromatic nitrogens is 1. The lowest BCUT2D eigenvalue weighted by molar-refractivity contribution is 0.108. The molecule has 0 amide bonds. The summed E-state index contributed by atoms with van der Waals surface area (Å²) < 4.78 is 0. The molecule has 0 spiro atoms. The highest BCUT2D eigenvalue weighted by Gasteiger charge is 2.01. The number of carbonyl (C=O) groups excluding carboxylic acids is 1. The zero-order chi connectivity index (χ0) is 15.5. The maximum Gasteiger partial charge on any atom is 0.252 e. The Morgan fingerprint density at radius 3 is 2.64 bits per heavy atom. The van der Waals surface area contributed by atoms with E-state index in [0.29, 0.717) is 10.6 Å². The zero-order valence-electron chi connectivity index (χ0n) is 11.5. The standard InChI is InChI=1S/C18H11Cl2NO/c19-15-7-5-13-6-9-16(21-17(13)11-15)8-4-12-2-1-3-14(10-12)18(20)22/h1-11H/b8-4+. The van der Waals surface area contributed by atoms with Crippen molar-refractivity contribution in [3.63, 3.8) is 0 Å². The van der Waals surface area contributed by atoms with Crippen LogP contribution in [-0.2, 0) is 0 Å². The molecule has 3 rings (SSSR count). The molecule has 0 aliphatic heterocycles. The molecule has 1 heterocycles. The maximum absolute atomic E-state index is 11.2. The van der Waals surface area contributed by atoms with Crippen LogP contribution in [0.1, 0.15) is 21.6 Å². The van der Waals surface area contributed by atoms with Crippen molar-refractivity contribution in [1.29, 1.82) is 0 Å². The molecule has 0 fully saturated rings. The molecule has 0 aliphatic carbocycles. The van der Waals surface area contributed by atoms with Gasteiger partial charge >= 0.3 is 0 Å². The minimum absolute atomic E-state index is 0.464. The average Bonchev–Trinajstić information content (AvgIpc) is 2.52. The molecule has 0 unspecified atom stereocenters. The Labute approximate surface area is 138 Å². The van der Waals surface area contributed by atoms with Gasteiger partial charge in [-0.2, -0.15) is 0 Å². The minimum atomic E-state index is -0.464. The van der Waals surface area contributed by atoms with Gasteiger partial charge in [0.1, 0.15) is 0 Å². The SMILES string of the molecule is O=C(Cl)c1cccc(/C=C/c2ccc3ccc(Cl)cc3n2)c1. The van der Waals surface area contributed by atoms with Gasteiger partial charge in [-0.3, -0.25) is 4.79 Å². The highest BCUT2D eigenvalue weighted by Crippen LogP contribution is 2.19. The molecule has 1 aromatic heterocycles. The predicted octanol–water partition coefficient (Wildman–Crippen LogP) is 5.44. The van der Waals surface area contributed by atoms with E-state index in [2.05, 4.69) is 4.98 Å². The number of carbonyl (C=O) groups is 1. The van der Waals surface area contributed by atoms with Crippen LogP contribution in [0, 0.1) is 0 Å². The smallest absolute Gasteiger partial charge is 0.252 e. The van der Waals surface area contributed by atoms with Crippen molar-refractivity contribution in [2.24, 2.45) is 0 Å². The number of benzene rings is 2. The number of halogens is 2. The third kappa shape index (κ3) is 3.35. The fourth-order valence-electron chi connectivity index (χ4n) is 2.15. The first-order chi connectivity index (χ1) is 10.6. The largest absolute Gasteiger partial charge is 0.276 e. The van der Waals surface area contributed by atoms with E-state index >= 15 is 0 Å². The summed E-state index contributed by atoms with van der Waals surface area (Å²) in [7, 11) is 0. The Kier molecular flexibility index (Phi) is 4.23. The highest BCUT2D eigenvalue weighted by atomic mass is 35.5. The van der Waals surface area contributed by atoms with Gasteiger partial charge in [-0.05, 0) is 47.5 Å². The molecule has 0 atom stereocenters. The van der Waals surface area contributed by atoms with Crippen molar-refractivity contribution in [3.05, 3.63) is 76.4 Å². The zero-order valence-corrected chi connectivity index (χ0v) is 13.0. The van der Waals surface area contributed by atoms with Gasteiger partial charge in [0.25, 0.3) is 5.24 Å². The van der Waals surface area contributed by atoms with Crippen LogP contribution in [0.5, 0.6) is 0 Å². The first-order valence-electron chi connectivity index (χ1n) is 6.66. The van der Waals surface area contributed by atoms with E-state index in [1.54, 1.807) is 18.2 Å². The molecular weight excluding hydrogens is 317 g/mol. The monoisotopic (exact) mass is 327 g/mol. The Balaban J connectivity index is 1.92. The molecule has 0 bridgehead atoms. The average molecular weight is 328 g/mol. The van der Waals surface area contributed by atoms with Gasteiger partial charge in [0.15, 0.2) is 0 Å². The highest BCUT2D eigenvalue weighted by molar-refractivity contribution is 6.67. The Bertz CT molecular complexity index is 887. The summed E-state index contributed by atoms with van der Waals surface area (Å²) in [6, 6.07) is 16.7. The maximum atomic E-state index is 11.2. The predicted molar refractivity (Wildman–Crippen MR) is 92.3 cm³/mol. The molecule has 0 saturated heterocycles. The van der Waals surface area contributed by atoms with Gasteiger partial charge in [-0.25, -0.2) is 4.98 Å². The second-order valence-corrected chi connectivity index (χ2v) is 5.59. The van der Waals surface area contributed by atoms with Gasteiger partial charge < -0.3 is 0 Å². The lowest BCUT2D eigenvalue weighted by atomic mass is 10.1. The summed E-state index contributed by atoms with van der Waals surface area (Å²) in [4.78, 5) is 15.7. The molecule has 4 heteroatoms. The molecule has 0 aliphatic rings. The number of nitrogens with zero attached hydrogens (tertiary/aromatic N) is 1. The molecule has 3 aromatic rings. The van der Waals surface area contributed by atoms with Crippen molar-refractivity contribution in [2.45, 2.75) is 0 Å². The summed E-state index contributed by atoms with van der Waals surface area (Å²) in [5, 5.41) is 1.24. The quantitative estimate of drug-likeness (QED) is 0.599. The Hall–Kier alpha value is -2.16. The second-order valence-electron chi connectivity index (χ2n) is 4.81. The lowest BCUT2D eigenvalue weighted by Crippen LogP contribution is -1.88. The minimum Gasteiger partial charge on any atom is -0.276 e. The summed E-state index contributed by atoms with van der Waals surface area (Å²) >= 11 is 11.5.